The molecule has 2 aromatic heterocycles. The summed E-state index contributed by atoms with van der Waals surface area (Å²) >= 11 is 0. The lowest BCUT2D eigenvalue weighted by molar-refractivity contribution is -0.118. The number of para-hydroxylation sites is 1. The molecule has 1 amide bonds. The summed E-state index contributed by atoms with van der Waals surface area (Å²) in [4.78, 5) is 36.8. The van der Waals surface area contributed by atoms with Gasteiger partial charge in [0.2, 0.25) is 0 Å². The fourth-order valence-electron chi connectivity index (χ4n) is 3.95. The Hall–Kier alpha value is -3.42. The van der Waals surface area contributed by atoms with Crippen molar-refractivity contribution in [2.75, 3.05) is 7.11 Å². The van der Waals surface area contributed by atoms with E-state index in [0.29, 0.717) is 23.0 Å². The Morgan fingerprint density at radius 1 is 1.07 bits per heavy atom. The number of fused-ring (bicyclic) bond motifs is 1. The predicted molar refractivity (Wildman–Crippen MR) is 111 cm³/mol. The molecule has 0 radical (unpaired) electrons. The first-order chi connectivity index (χ1) is 14.6. The Balaban J connectivity index is 1.35. The van der Waals surface area contributed by atoms with E-state index in [1.54, 1.807) is 12.4 Å². The van der Waals surface area contributed by atoms with Gasteiger partial charge in [0, 0.05) is 35.0 Å². The molecule has 0 atom stereocenters. The monoisotopic (exact) mass is 408 g/mol. The van der Waals surface area contributed by atoms with Gasteiger partial charge in [-0.05, 0) is 38.7 Å². The second kappa shape index (κ2) is 8.52. The highest BCUT2D eigenvalue weighted by molar-refractivity contribution is 6.45. The van der Waals surface area contributed by atoms with Crippen molar-refractivity contribution in [3.8, 4) is 11.8 Å². The van der Waals surface area contributed by atoms with Crippen molar-refractivity contribution in [2.45, 2.75) is 44.8 Å². The smallest absolute Gasteiger partial charge is 0.292 e. The van der Waals surface area contributed by atoms with Gasteiger partial charge in [-0.1, -0.05) is 18.2 Å². The fraction of sp³-hybridized carbons (Fsp3) is 0.364. The maximum atomic E-state index is 12.8. The molecule has 30 heavy (non-hydrogen) atoms. The molecule has 1 aliphatic rings. The molecule has 2 N–H and O–H groups in total. The van der Waals surface area contributed by atoms with E-state index >= 15 is 0 Å². The van der Waals surface area contributed by atoms with Gasteiger partial charge < -0.3 is 19.8 Å². The van der Waals surface area contributed by atoms with Gasteiger partial charge in [0.15, 0.2) is 0 Å². The number of Topliss-reactive ketones (excluding diaryl/α,β-unsaturated/α-hetero) is 1. The zero-order chi connectivity index (χ0) is 21.1. The number of methoxy groups -OCH3 is 1. The molecule has 2 heterocycles. The molecule has 3 aromatic rings. The lowest BCUT2D eigenvalue weighted by Crippen LogP contribution is -2.42. The lowest BCUT2D eigenvalue weighted by atomic mass is 9.92. The molecule has 0 saturated heterocycles. The van der Waals surface area contributed by atoms with Gasteiger partial charge in [-0.3, -0.25) is 9.59 Å². The molecular weight excluding hydrogens is 384 g/mol. The Kier molecular flexibility index (Phi) is 5.65. The number of carbonyl (C=O) groups is 2. The zero-order valence-corrected chi connectivity index (χ0v) is 17.0. The van der Waals surface area contributed by atoms with Gasteiger partial charge >= 0.3 is 0 Å². The van der Waals surface area contributed by atoms with Crippen LogP contribution in [-0.2, 0) is 4.79 Å². The largest absolute Gasteiger partial charge is 0.477 e. The van der Waals surface area contributed by atoms with Crippen molar-refractivity contribution >= 4 is 22.6 Å². The van der Waals surface area contributed by atoms with Crippen LogP contribution in [0.2, 0.25) is 0 Å². The summed E-state index contributed by atoms with van der Waals surface area (Å²) in [5, 5.41) is 3.66. The lowest BCUT2D eigenvalue weighted by Gasteiger charge is -2.29. The number of ether oxygens (including phenoxy) is 2. The summed E-state index contributed by atoms with van der Waals surface area (Å²) in [6, 6.07) is 7.43. The predicted octanol–water partition coefficient (Wildman–Crippen LogP) is 2.96. The summed E-state index contributed by atoms with van der Waals surface area (Å²) < 4.78 is 11.1. The third kappa shape index (κ3) is 3.98. The number of aromatic nitrogens is 3. The molecule has 0 bridgehead atoms. The Morgan fingerprint density at radius 3 is 2.50 bits per heavy atom. The summed E-state index contributed by atoms with van der Waals surface area (Å²) in [6.45, 7) is 1.81. The normalized spacial score (nSPS) is 18.7. The number of ketones is 1. The first kappa shape index (κ1) is 19.9. The highest BCUT2D eigenvalue weighted by Crippen LogP contribution is 2.27. The number of aromatic amines is 1. The van der Waals surface area contributed by atoms with E-state index in [1.807, 2.05) is 31.2 Å². The van der Waals surface area contributed by atoms with Crippen LogP contribution < -0.4 is 14.8 Å². The number of aryl methyl sites for hydroxylation is 1. The Bertz CT molecular complexity index is 1070. The molecule has 1 fully saturated rings. The van der Waals surface area contributed by atoms with E-state index in [2.05, 4.69) is 20.3 Å². The number of carbonyl (C=O) groups excluding carboxylic acids is 2. The third-order valence-corrected chi connectivity index (χ3v) is 5.44. The summed E-state index contributed by atoms with van der Waals surface area (Å²) in [6.07, 6.45) is 6.00. The van der Waals surface area contributed by atoms with Crippen LogP contribution in [0.3, 0.4) is 0 Å². The van der Waals surface area contributed by atoms with Crippen LogP contribution in [0.1, 0.15) is 41.7 Å². The molecule has 1 aromatic carbocycles. The van der Waals surface area contributed by atoms with Crippen molar-refractivity contribution in [1.29, 1.82) is 0 Å². The zero-order valence-electron chi connectivity index (χ0n) is 17.0. The number of rotatable bonds is 6. The van der Waals surface area contributed by atoms with Gasteiger partial charge in [-0.25, -0.2) is 9.97 Å². The summed E-state index contributed by atoms with van der Waals surface area (Å²) in [5.41, 5.74) is 1.99. The molecular formula is C22H24N4O4. The maximum absolute atomic E-state index is 12.8. The SMILES string of the molecule is COc1nccnc1OC1CCC(NC(=O)C(=O)c2c(C)[nH]c3ccccc23)CC1. The van der Waals surface area contributed by atoms with E-state index in [4.69, 9.17) is 9.47 Å². The molecule has 4 rings (SSSR count). The molecule has 1 aliphatic carbocycles. The molecule has 1 saturated carbocycles. The molecule has 8 heteroatoms. The van der Waals surface area contributed by atoms with Crippen LogP contribution in [0.15, 0.2) is 36.7 Å². The van der Waals surface area contributed by atoms with E-state index < -0.39 is 11.7 Å². The first-order valence-corrected chi connectivity index (χ1v) is 10.0. The third-order valence-electron chi connectivity index (χ3n) is 5.44. The van der Waals surface area contributed by atoms with Crippen LogP contribution in [0.25, 0.3) is 10.9 Å². The second-order valence-corrected chi connectivity index (χ2v) is 7.44. The van der Waals surface area contributed by atoms with Crippen molar-refractivity contribution in [3.05, 3.63) is 47.9 Å². The van der Waals surface area contributed by atoms with Crippen LogP contribution in [-0.4, -0.2) is 45.9 Å². The van der Waals surface area contributed by atoms with Gasteiger partial charge in [-0.15, -0.1) is 0 Å². The van der Waals surface area contributed by atoms with Crippen LogP contribution >= 0.6 is 0 Å². The highest BCUT2D eigenvalue weighted by atomic mass is 16.5. The van der Waals surface area contributed by atoms with E-state index in [-0.39, 0.29) is 12.1 Å². The minimum Gasteiger partial charge on any atom is -0.477 e. The second-order valence-electron chi connectivity index (χ2n) is 7.44. The average molecular weight is 408 g/mol. The van der Waals surface area contributed by atoms with Gasteiger partial charge in [0.05, 0.1) is 12.7 Å². The first-order valence-electron chi connectivity index (χ1n) is 10.0. The van der Waals surface area contributed by atoms with Crippen molar-refractivity contribution in [1.82, 2.24) is 20.3 Å². The van der Waals surface area contributed by atoms with Crippen LogP contribution in [0.4, 0.5) is 0 Å². The average Bonchev–Trinajstić information content (AvgIpc) is 3.10. The number of benzene rings is 1. The van der Waals surface area contributed by atoms with Crippen LogP contribution in [0, 0.1) is 6.92 Å². The number of H-pyrrole nitrogens is 1. The van der Waals surface area contributed by atoms with E-state index in [1.165, 1.54) is 7.11 Å². The number of hydrogen-bond donors (Lipinski definition) is 2. The molecule has 0 spiro atoms. The molecule has 0 aliphatic heterocycles. The summed E-state index contributed by atoms with van der Waals surface area (Å²) in [5.74, 6) is -0.347. The molecule has 0 unspecified atom stereocenters. The van der Waals surface area contributed by atoms with Crippen LogP contribution in [0.5, 0.6) is 11.8 Å². The molecule has 156 valence electrons. The van der Waals surface area contributed by atoms with Crippen molar-refractivity contribution in [3.63, 3.8) is 0 Å². The highest BCUT2D eigenvalue weighted by Gasteiger charge is 2.28. The standard InChI is InChI=1S/C22H24N4O4/c1-13-18(16-5-3-4-6-17(16)25-13)19(27)20(28)26-14-7-9-15(10-8-14)30-22-21(29-2)23-11-12-24-22/h3-6,11-12,14-15,25H,7-10H2,1-2H3,(H,26,28). The summed E-state index contributed by atoms with van der Waals surface area (Å²) in [7, 11) is 1.52. The number of nitrogens with zero attached hydrogens (tertiary/aromatic N) is 2. The van der Waals surface area contributed by atoms with Crippen molar-refractivity contribution < 1.29 is 19.1 Å². The number of amides is 1. The fourth-order valence-corrected chi connectivity index (χ4v) is 3.95. The van der Waals surface area contributed by atoms with E-state index in [9.17, 15) is 9.59 Å². The maximum Gasteiger partial charge on any atom is 0.292 e. The minimum absolute atomic E-state index is 0.0321. The molecule has 8 nitrogen and oxygen atoms in total. The topological polar surface area (TPSA) is 106 Å². The number of nitrogens with one attached hydrogen (secondary N) is 2. The van der Waals surface area contributed by atoms with Crippen molar-refractivity contribution in [2.24, 2.45) is 0 Å². The van der Waals surface area contributed by atoms with E-state index in [0.717, 1.165) is 36.6 Å². The quantitative estimate of drug-likeness (QED) is 0.480. The Labute approximate surface area is 174 Å². The Morgan fingerprint density at radius 2 is 1.77 bits per heavy atom. The minimum atomic E-state index is -0.567. The number of hydrogen-bond acceptors (Lipinski definition) is 6. The van der Waals surface area contributed by atoms with Gasteiger partial charge in [0.1, 0.15) is 6.10 Å². The van der Waals surface area contributed by atoms with Gasteiger partial charge in [-0.2, -0.15) is 0 Å². The van der Waals surface area contributed by atoms with Gasteiger partial charge in [0.25, 0.3) is 23.5 Å².